The van der Waals surface area contributed by atoms with Crippen molar-refractivity contribution in [1.82, 2.24) is 4.90 Å². The van der Waals surface area contributed by atoms with E-state index >= 15 is 0 Å². The van der Waals surface area contributed by atoms with Crippen molar-refractivity contribution in [3.8, 4) is 0 Å². The smallest absolute Gasteiger partial charge is 0.253 e. The zero-order valence-corrected chi connectivity index (χ0v) is 26.1. The summed E-state index contributed by atoms with van der Waals surface area (Å²) in [5.41, 5.74) is -0.828. The highest BCUT2D eigenvalue weighted by Crippen LogP contribution is 2.63. The number of aliphatic hydroxyl groups is 1. The molecule has 2 aromatic carbocycles. The molecule has 3 aliphatic rings. The number of aliphatic hydroxyl groups excluding tert-OH is 1. The van der Waals surface area contributed by atoms with Gasteiger partial charge in [0.2, 0.25) is 11.8 Å². The third-order valence-electron chi connectivity index (χ3n) is 9.45. The maximum Gasteiger partial charge on any atom is 0.253 e. The molecule has 2 bridgehead atoms. The van der Waals surface area contributed by atoms with Gasteiger partial charge in [0.15, 0.2) is 0 Å². The molecule has 0 aliphatic carbocycles. The van der Waals surface area contributed by atoms with Crippen LogP contribution in [0.4, 0.5) is 11.4 Å². The number of likely N-dealkylation sites (tertiary alicyclic amines) is 1. The van der Waals surface area contributed by atoms with Gasteiger partial charge in [0.1, 0.15) is 11.6 Å². The lowest BCUT2D eigenvalue weighted by Gasteiger charge is -2.37. The minimum atomic E-state index is -1.16. The van der Waals surface area contributed by atoms with Gasteiger partial charge in [-0.2, -0.15) is 0 Å². The number of unbranched alkanes of at least 4 members (excludes halogenated alkanes) is 3. The molecular formula is C35H42ClN3O5. The molecule has 44 heavy (non-hydrogen) atoms. The monoisotopic (exact) mass is 619 g/mol. The predicted octanol–water partition coefficient (Wildman–Crippen LogP) is 5.40. The number of benzene rings is 2. The van der Waals surface area contributed by atoms with Gasteiger partial charge in [-0.25, -0.2) is 0 Å². The number of carbonyl (C=O) groups is 3. The highest BCUT2D eigenvalue weighted by atomic mass is 35.5. The molecule has 9 heteroatoms. The van der Waals surface area contributed by atoms with E-state index in [1.807, 2.05) is 43.3 Å². The van der Waals surface area contributed by atoms with E-state index in [-0.39, 0.29) is 37.4 Å². The topological polar surface area (TPSA) is 90.4 Å². The molecule has 1 N–H and O–H groups in total. The number of rotatable bonds is 14. The van der Waals surface area contributed by atoms with Gasteiger partial charge in [-0.1, -0.05) is 66.9 Å². The average molecular weight is 620 g/mol. The third kappa shape index (κ3) is 5.48. The van der Waals surface area contributed by atoms with E-state index in [9.17, 15) is 19.5 Å². The Balaban J connectivity index is 1.56. The van der Waals surface area contributed by atoms with Gasteiger partial charge < -0.3 is 24.5 Å². The SMILES string of the molecule is C=CCN(C(=O)[C@@H]1[C@H]2C(=O)N(CCCCCCO)C(C(=O)N(CC=C)c3ccccc3Cl)C23CC[C@@]1(C)O3)c1ccccc1. The largest absolute Gasteiger partial charge is 0.396 e. The zero-order valence-electron chi connectivity index (χ0n) is 25.4. The normalized spacial score (nSPS) is 26.8. The molecule has 1 spiro atoms. The first kappa shape index (κ1) is 31.9. The fourth-order valence-electron chi connectivity index (χ4n) is 7.55. The van der Waals surface area contributed by atoms with Crippen LogP contribution in [0, 0.1) is 11.8 Å². The van der Waals surface area contributed by atoms with E-state index in [1.165, 1.54) is 0 Å². The van der Waals surface area contributed by atoms with Crippen molar-refractivity contribution in [2.45, 2.75) is 62.7 Å². The fraction of sp³-hybridized carbons (Fsp3) is 0.457. The Hall–Kier alpha value is -3.46. The molecule has 3 fully saturated rings. The van der Waals surface area contributed by atoms with Crippen molar-refractivity contribution in [2.75, 3.05) is 36.0 Å². The van der Waals surface area contributed by atoms with E-state index in [0.717, 1.165) is 12.8 Å². The number of hydrogen-bond acceptors (Lipinski definition) is 5. The van der Waals surface area contributed by atoms with Crippen LogP contribution < -0.4 is 9.80 Å². The summed E-state index contributed by atoms with van der Waals surface area (Å²) < 4.78 is 6.87. The van der Waals surface area contributed by atoms with Crippen LogP contribution in [-0.4, -0.2) is 71.2 Å². The lowest BCUT2D eigenvalue weighted by Crippen LogP contribution is -2.56. The van der Waals surface area contributed by atoms with Gasteiger partial charge in [0.05, 0.1) is 28.1 Å². The minimum absolute atomic E-state index is 0.113. The number of anilines is 2. The van der Waals surface area contributed by atoms with Crippen molar-refractivity contribution < 1.29 is 24.2 Å². The summed E-state index contributed by atoms with van der Waals surface area (Å²) in [5.74, 6) is -2.31. The van der Waals surface area contributed by atoms with Crippen molar-refractivity contribution in [2.24, 2.45) is 11.8 Å². The highest BCUT2D eigenvalue weighted by molar-refractivity contribution is 6.34. The molecule has 2 aromatic rings. The van der Waals surface area contributed by atoms with Crippen LogP contribution in [0.15, 0.2) is 79.9 Å². The van der Waals surface area contributed by atoms with Crippen LogP contribution in [0.25, 0.3) is 0 Å². The van der Waals surface area contributed by atoms with Crippen molar-refractivity contribution >= 4 is 40.7 Å². The molecule has 3 saturated heterocycles. The third-order valence-corrected chi connectivity index (χ3v) is 9.77. The van der Waals surface area contributed by atoms with Crippen molar-refractivity contribution in [3.63, 3.8) is 0 Å². The second-order valence-electron chi connectivity index (χ2n) is 12.2. The molecule has 0 aromatic heterocycles. The molecule has 2 unspecified atom stereocenters. The van der Waals surface area contributed by atoms with Gasteiger partial charge in [-0.15, -0.1) is 13.2 Å². The molecule has 3 heterocycles. The van der Waals surface area contributed by atoms with E-state index in [2.05, 4.69) is 13.2 Å². The minimum Gasteiger partial charge on any atom is -0.396 e. The van der Waals surface area contributed by atoms with Gasteiger partial charge in [-0.3, -0.25) is 14.4 Å². The molecular weight excluding hydrogens is 578 g/mol. The number of ether oxygens (including phenoxy) is 1. The van der Waals surface area contributed by atoms with E-state index < -0.39 is 29.1 Å². The number of para-hydroxylation sites is 2. The first-order chi connectivity index (χ1) is 21.2. The summed E-state index contributed by atoms with van der Waals surface area (Å²) >= 11 is 6.58. The maximum absolute atomic E-state index is 14.7. The van der Waals surface area contributed by atoms with Gasteiger partial charge in [0.25, 0.3) is 5.91 Å². The molecule has 3 aliphatic heterocycles. The first-order valence-corrected chi connectivity index (χ1v) is 15.9. The number of nitrogens with zero attached hydrogens (tertiary/aromatic N) is 3. The van der Waals surface area contributed by atoms with E-state index in [4.69, 9.17) is 16.3 Å². The van der Waals surface area contributed by atoms with Gasteiger partial charge >= 0.3 is 0 Å². The number of amides is 3. The standard InChI is InChI=1S/C35H42ClN3O5/c1-4-21-37(25-15-9-8-10-16-25)31(41)28-29-32(42)39(23-13-6-7-14-24-40)30(35(29)20-19-34(28,3)44-35)33(43)38(22-5-2)27-18-12-11-17-26(27)36/h4-5,8-12,15-18,28-30,40H,1-2,6-7,13-14,19-24H2,3H3/t28-,29-,30?,34+,35?/m0/s1. The van der Waals surface area contributed by atoms with E-state index in [0.29, 0.717) is 48.6 Å². The lowest BCUT2D eigenvalue weighted by molar-refractivity contribution is -0.144. The Morgan fingerprint density at radius 1 is 0.977 bits per heavy atom. The molecule has 5 atom stereocenters. The van der Waals surface area contributed by atoms with Crippen LogP contribution in [-0.2, 0) is 19.1 Å². The summed E-state index contributed by atoms with van der Waals surface area (Å²) in [6.07, 6.45) is 7.30. The Bertz CT molecular complexity index is 1400. The quantitative estimate of drug-likeness (QED) is 0.226. The van der Waals surface area contributed by atoms with Gasteiger partial charge in [0, 0.05) is 31.9 Å². The van der Waals surface area contributed by atoms with Crippen LogP contribution in [0.3, 0.4) is 0 Å². The second kappa shape index (κ2) is 13.3. The number of halogens is 1. The van der Waals surface area contributed by atoms with Crippen LogP contribution in [0.2, 0.25) is 5.02 Å². The molecule has 5 rings (SSSR count). The first-order valence-electron chi connectivity index (χ1n) is 15.5. The molecule has 234 valence electrons. The fourth-order valence-corrected chi connectivity index (χ4v) is 7.79. The average Bonchev–Trinajstić information content (AvgIpc) is 3.59. The maximum atomic E-state index is 14.7. The zero-order chi connectivity index (χ0) is 31.5. The molecule has 0 radical (unpaired) electrons. The summed E-state index contributed by atoms with van der Waals surface area (Å²) in [4.78, 5) is 48.7. The van der Waals surface area contributed by atoms with E-state index in [1.54, 1.807) is 45.1 Å². The summed E-state index contributed by atoms with van der Waals surface area (Å²) in [7, 11) is 0. The highest BCUT2D eigenvalue weighted by Gasteiger charge is 2.78. The van der Waals surface area contributed by atoms with Crippen LogP contribution >= 0.6 is 11.6 Å². The second-order valence-corrected chi connectivity index (χ2v) is 12.6. The van der Waals surface area contributed by atoms with Gasteiger partial charge in [-0.05, 0) is 56.9 Å². The Morgan fingerprint density at radius 2 is 1.64 bits per heavy atom. The Morgan fingerprint density at radius 3 is 2.32 bits per heavy atom. The summed E-state index contributed by atoms with van der Waals surface area (Å²) in [5, 5.41) is 9.65. The number of carbonyl (C=O) groups excluding carboxylic acids is 3. The summed E-state index contributed by atoms with van der Waals surface area (Å²) in [6, 6.07) is 15.6. The van der Waals surface area contributed by atoms with Crippen LogP contribution in [0.5, 0.6) is 0 Å². The number of fused-ring (bicyclic) bond motifs is 1. The lowest BCUT2D eigenvalue weighted by atomic mass is 9.66. The molecule has 8 nitrogen and oxygen atoms in total. The molecule has 0 saturated carbocycles. The Labute approximate surface area is 264 Å². The summed E-state index contributed by atoms with van der Waals surface area (Å²) in [6.45, 7) is 10.6. The van der Waals surface area contributed by atoms with Crippen molar-refractivity contribution in [1.29, 1.82) is 0 Å². The van der Waals surface area contributed by atoms with Crippen LogP contribution in [0.1, 0.15) is 45.4 Å². The molecule has 3 amide bonds. The number of hydrogen-bond donors (Lipinski definition) is 1. The Kier molecular flexibility index (Phi) is 9.63. The van der Waals surface area contributed by atoms with Crippen molar-refractivity contribution in [3.05, 3.63) is 84.9 Å². The predicted molar refractivity (Wildman–Crippen MR) is 172 cm³/mol.